The van der Waals surface area contributed by atoms with E-state index >= 15 is 0 Å². The van der Waals surface area contributed by atoms with Gasteiger partial charge in [0, 0.05) is 20.0 Å². The van der Waals surface area contributed by atoms with Crippen molar-refractivity contribution < 1.29 is 4.79 Å². The molecule has 0 aliphatic heterocycles. The summed E-state index contributed by atoms with van der Waals surface area (Å²) >= 11 is 21.5. The van der Waals surface area contributed by atoms with E-state index < -0.39 is 9.70 Å². The summed E-state index contributed by atoms with van der Waals surface area (Å²) in [5.74, 6) is -0.680. The molecule has 0 radical (unpaired) electrons. The van der Waals surface area contributed by atoms with E-state index in [9.17, 15) is 4.79 Å². The minimum Gasteiger partial charge on any atom is -0.322 e. The molecule has 0 aromatic heterocycles. The van der Waals surface area contributed by atoms with Crippen LogP contribution >= 0.6 is 62.5 Å². The van der Waals surface area contributed by atoms with Crippen LogP contribution in [0, 0.1) is 0 Å². The number of carbonyl (C=O) groups is 1. The van der Waals surface area contributed by atoms with E-state index in [2.05, 4.69) is 21.2 Å². The van der Waals surface area contributed by atoms with Gasteiger partial charge in [-0.1, -0.05) is 62.5 Å². The lowest BCUT2D eigenvalue weighted by atomic mass is 10.3. The molecule has 0 aliphatic rings. The van der Waals surface area contributed by atoms with Gasteiger partial charge in [-0.2, -0.15) is 0 Å². The predicted octanol–water partition coefficient (Wildman–Crippen LogP) is 5.91. The van der Waals surface area contributed by atoms with Gasteiger partial charge >= 0.3 is 0 Å². The third-order valence-electron chi connectivity index (χ3n) is 2.42. The third kappa shape index (κ3) is 5.38. The van der Waals surface area contributed by atoms with Crippen LogP contribution in [-0.2, 0) is 4.79 Å². The Hall–Kier alpha value is -0.390. The fourth-order valence-electron chi connectivity index (χ4n) is 1.45. The zero-order valence-corrected chi connectivity index (χ0v) is 15.1. The van der Waals surface area contributed by atoms with Crippen LogP contribution in [0.5, 0.6) is 0 Å². The molecule has 0 fully saturated rings. The molecule has 110 valence electrons. The Kier molecular flexibility index (Phi) is 5.86. The molecule has 2 rings (SSSR count). The first-order valence-corrected chi connectivity index (χ1v) is 8.50. The number of hydrogen-bond donors (Lipinski definition) is 1. The SMILES string of the molecule is O=C(Nc1ccc(Sc2ccc(Br)cc2)cc1)C(Cl)(Cl)Cl. The van der Waals surface area contributed by atoms with Gasteiger partial charge in [0.15, 0.2) is 0 Å². The number of anilines is 1. The van der Waals surface area contributed by atoms with Crippen molar-refractivity contribution in [2.24, 2.45) is 0 Å². The largest absolute Gasteiger partial charge is 0.322 e. The van der Waals surface area contributed by atoms with Gasteiger partial charge in [0.25, 0.3) is 9.70 Å². The highest BCUT2D eigenvalue weighted by Crippen LogP contribution is 2.31. The summed E-state index contributed by atoms with van der Waals surface area (Å²) in [6.07, 6.45) is 0. The van der Waals surface area contributed by atoms with Crippen LogP contribution in [0.2, 0.25) is 0 Å². The monoisotopic (exact) mass is 423 g/mol. The Balaban J connectivity index is 2.02. The lowest BCUT2D eigenvalue weighted by molar-refractivity contribution is -0.115. The van der Waals surface area contributed by atoms with E-state index in [0.717, 1.165) is 14.3 Å². The van der Waals surface area contributed by atoms with Crippen molar-refractivity contribution in [2.75, 3.05) is 5.32 Å². The minimum absolute atomic E-state index is 0.575. The fraction of sp³-hybridized carbons (Fsp3) is 0.0714. The maximum atomic E-state index is 11.5. The van der Waals surface area contributed by atoms with E-state index in [0.29, 0.717) is 5.69 Å². The van der Waals surface area contributed by atoms with Crippen molar-refractivity contribution in [3.05, 3.63) is 53.0 Å². The first-order chi connectivity index (χ1) is 9.84. The highest BCUT2D eigenvalue weighted by atomic mass is 79.9. The van der Waals surface area contributed by atoms with E-state index in [1.165, 1.54) is 0 Å². The summed E-state index contributed by atoms with van der Waals surface area (Å²) < 4.78 is -0.929. The first-order valence-electron chi connectivity index (χ1n) is 5.76. The minimum atomic E-state index is -1.97. The maximum Gasteiger partial charge on any atom is 0.276 e. The van der Waals surface area contributed by atoms with Gasteiger partial charge in [0.1, 0.15) is 0 Å². The number of rotatable bonds is 3. The van der Waals surface area contributed by atoms with Gasteiger partial charge < -0.3 is 5.32 Å². The predicted molar refractivity (Wildman–Crippen MR) is 93.6 cm³/mol. The van der Waals surface area contributed by atoms with Crippen LogP contribution in [0.1, 0.15) is 0 Å². The highest BCUT2D eigenvalue weighted by molar-refractivity contribution is 9.10. The molecule has 0 heterocycles. The summed E-state index contributed by atoms with van der Waals surface area (Å²) in [5.41, 5.74) is 0.575. The van der Waals surface area contributed by atoms with Crippen LogP contribution < -0.4 is 5.32 Å². The normalized spacial score (nSPS) is 11.2. The molecule has 2 aromatic rings. The number of amides is 1. The number of halogens is 4. The van der Waals surface area contributed by atoms with Crippen molar-refractivity contribution in [1.29, 1.82) is 0 Å². The van der Waals surface area contributed by atoms with Gasteiger partial charge in [0.2, 0.25) is 0 Å². The van der Waals surface area contributed by atoms with Crippen LogP contribution in [-0.4, -0.2) is 9.70 Å². The average Bonchev–Trinajstić information content (AvgIpc) is 2.42. The molecule has 21 heavy (non-hydrogen) atoms. The molecule has 2 aromatic carbocycles. The Morgan fingerprint density at radius 2 is 1.43 bits per heavy atom. The van der Waals surface area contributed by atoms with Gasteiger partial charge in [0.05, 0.1) is 0 Å². The lowest BCUT2D eigenvalue weighted by Gasteiger charge is -2.11. The smallest absolute Gasteiger partial charge is 0.276 e. The second-order valence-corrected chi connectivity index (χ2v) is 8.38. The van der Waals surface area contributed by atoms with Crippen LogP contribution in [0.3, 0.4) is 0 Å². The topological polar surface area (TPSA) is 29.1 Å². The van der Waals surface area contributed by atoms with Crippen LogP contribution in [0.25, 0.3) is 0 Å². The molecule has 0 saturated carbocycles. The second kappa shape index (κ2) is 7.25. The Labute approximate surface area is 150 Å². The van der Waals surface area contributed by atoms with E-state index in [1.54, 1.807) is 23.9 Å². The molecule has 0 spiro atoms. The van der Waals surface area contributed by atoms with Gasteiger partial charge in [-0.15, -0.1) is 0 Å². The number of carbonyl (C=O) groups excluding carboxylic acids is 1. The fourth-order valence-corrected chi connectivity index (χ4v) is 2.67. The zero-order chi connectivity index (χ0) is 15.5. The van der Waals surface area contributed by atoms with E-state index in [4.69, 9.17) is 34.8 Å². The van der Waals surface area contributed by atoms with Crippen molar-refractivity contribution in [2.45, 2.75) is 13.6 Å². The molecule has 0 saturated heterocycles. The Morgan fingerprint density at radius 1 is 0.952 bits per heavy atom. The second-order valence-electron chi connectivity index (χ2n) is 4.03. The van der Waals surface area contributed by atoms with Crippen molar-refractivity contribution in [1.82, 2.24) is 0 Å². The molecule has 1 N–H and O–H groups in total. The molecule has 0 unspecified atom stereocenters. The zero-order valence-electron chi connectivity index (χ0n) is 10.4. The Morgan fingerprint density at radius 3 is 1.90 bits per heavy atom. The van der Waals surface area contributed by atoms with Crippen molar-refractivity contribution in [3.8, 4) is 0 Å². The van der Waals surface area contributed by atoms with Gasteiger partial charge in [-0.25, -0.2) is 0 Å². The number of nitrogens with one attached hydrogen (secondary N) is 1. The highest BCUT2D eigenvalue weighted by Gasteiger charge is 2.30. The quantitative estimate of drug-likeness (QED) is 0.620. The van der Waals surface area contributed by atoms with Crippen LogP contribution in [0.4, 0.5) is 5.69 Å². The van der Waals surface area contributed by atoms with E-state index in [-0.39, 0.29) is 0 Å². The molecule has 0 aliphatic carbocycles. The molecule has 1 amide bonds. The standard InChI is InChI=1S/C14H9BrCl3NOS/c15-9-1-5-11(6-2-9)21-12-7-3-10(4-8-12)19-13(20)14(16,17)18/h1-8H,(H,19,20). The van der Waals surface area contributed by atoms with E-state index in [1.807, 2.05) is 36.4 Å². The molecular weight excluding hydrogens is 416 g/mol. The molecule has 0 atom stereocenters. The summed E-state index contributed by atoms with van der Waals surface area (Å²) in [4.78, 5) is 13.7. The number of benzene rings is 2. The Bertz CT molecular complexity index is 626. The third-order valence-corrected chi connectivity index (χ3v) is 4.48. The average molecular weight is 426 g/mol. The molecular formula is C14H9BrCl3NOS. The lowest BCUT2D eigenvalue weighted by Crippen LogP contribution is -2.26. The van der Waals surface area contributed by atoms with Gasteiger partial charge in [-0.05, 0) is 48.5 Å². The number of hydrogen-bond acceptors (Lipinski definition) is 2. The van der Waals surface area contributed by atoms with Gasteiger partial charge in [-0.3, -0.25) is 4.79 Å². The summed E-state index contributed by atoms with van der Waals surface area (Å²) in [5, 5.41) is 2.53. The summed E-state index contributed by atoms with van der Waals surface area (Å²) in [6, 6.07) is 15.3. The van der Waals surface area contributed by atoms with Crippen molar-refractivity contribution >= 4 is 74.1 Å². The molecule has 2 nitrogen and oxygen atoms in total. The summed E-state index contributed by atoms with van der Waals surface area (Å²) in [6.45, 7) is 0. The van der Waals surface area contributed by atoms with Crippen molar-refractivity contribution in [3.63, 3.8) is 0 Å². The first kappa shape index (κ1) is 17.0. The molecule has 7 heteroatoms. The summed E-state index contributed by atoms with van der Waals surface area (Å²) in [7, 11) is 0. The maximum absolute atomic E-state index is 11.5. The molecule has 0 bridgehead atoms. The van der Waals surface area contributed by atoms with Crippen LogP contribution in [0.15, 0.2) is 62.8 Å². The number of alkyl halides is 3.